The van der Waals surface area contributed by atoms with E-state index in [1.807, 2.05) is 0 Å². The second-order valence-corrected chi connectivity index (χ2v) is 3.86. The number of nitro groups is 1. The van der Waals surface area contributed by atoms with Crippen molar-refractivity contribution in [3.63, 3.8) is 0 Å². The minimum atomic E-state index is -0.626. The van der Waals surface area contributed by atoms with Crippen LogP contribution in [0.2, 0.25) is 0 Å². The Morgan fingerprint density at radius 2 is 2.15 bits per heavy atom. The van der Waals surface area contributed by atoms with E-state index < -0.39 is 23.4 Å². The maximum Gasteiger partial charge on any atom is 0.330 e. The van der Waals surface area contributed by atoms with E-state index in [2.05, 4.69) is 10.1 Å². The number of amides is 1. The Labute approximate surface area is 115 Å². The molecular weight excluding hydrogens is 264 g/mol. The van der Waals surface area contributed by atoms with E-state index in [1.165, 1.54) is 37.3 Å². The number of esters is 1. The number of nitrogens with one attached hydrogen (secondary N) is 1. The number of allylic oxidation sites excluding steroid dienone is 1. The average molecular weight is 278 g/mol. The predicted octanol–water partition coefficient (Wildman–Crippen LogP) is 1.96. The Kier molecular flexibility index (Phi) is 5.40. The third-order valence-corrected chi connectivity index (χ3v) is 2.42. The first kappa shape index (κ1) is 15.4. The zero-order chi connectivity index (χ0) is 15.1. The largest absolute Gasteiger partial charge is 0.452 e. The fourth-order valence-corrected chi connectivity index (χ4v) is 1.46. The van der Waals surface area contributed by atoms with Crippen molar-refractivity contribution in [3.05, 3.63) is 46.0 Å². The van der Waals surface area contributed by atoms with Gasteiger partial charge < -0.3 is 10.1 Å². The lowest BCUT2D eigenvalue weighted by atomic mass is 10.1. The highest BCUT2D eigenvalue weighted by Crippen LogP contribution is 2.24. The molecule has 0 saturated heterocycles. The summed E-state index contributed by atoms with van der Waals surface area (Å²) in [5, 5.41) is 13.2. The molecule has 106 valence electrons. The molecule has 0 radical (unpaired) electrons. The third kappa shape index (κ3) is 4.20. The number of carbonyl (C=O) groups excluding carboxylic acids is 2. The topological polar surface area (TPSA) is 98.5 Å². The fourth-order valence-electron chi connectivity index (χ4n) is 1.46. The highest BCUT2D eigenvalue weighted by Gasteiger charge is 2.15. The fraction of sp³-hybridized carbons (Fsp3) is 0.231. The monoisotopic (exact) mass is 278 g/mol. The molecule has 7 heteroatoms. The number of carbonyl (C=O) groups is 2. The molecule has 1 N–H and O–H groups in total. The molecule has 1 aromatic carbocycles. The number of hydrogen-bond acceptors (Lipinski definition) is 5. The lowest BCUT2D eigenvalue weighted by Crippen LogP contribution is -2.20. The molecule has 20 heavy (non-hydrogen) atoms. The van der Waals surface area contributed by atoms with Crippen molar-refractivity contribution in [2.45, 2.75) is 13.8 Å². The van der Waals surface area contributed by atoms with Crippen molar-refractivity contribution in [3.8, 4) is 0 Å². The van der Waals surface area contributed by atoms with E-state index in [1.54, 1.807) is 6.92 Å². The van der Waals surface area contributed by atoms with Crippen LogP contribution in [0, 0.1) is 17.0 Å². The second kappa shape index (κ2) is 7.03. The first-order valence-corrected chi connectivity index (χ1v) is 5.79. The van der Waals surface area contributed by atoms with Gasteiger partial charge in [-0.15, -0.1) is 0 Å². The van der Waals surface area contributed by atoms with Crippen LogP contribution < -0.4 is 5.32 Å². The van der Waals surface area contributed by atoms with Crippen molar-refractivity contribution in [2.24, 2.45) is 0 Å². The van der Waals surface area contributed by atoms with Gasteiger partial charge in [-0.1, -0.05) is 12.1 Å². The zero-order valence-electron chi connectivity index (χ0n) is 11.1. The average Bonchev–Trinajstić information content (AvgIpc) is 2.39. The van der Waals surface area contributed by atoms with Crippen LogP contribution in [0.15, 0.2) is 30.4 Å². The van der Waals surface area contributed by atoms with E-state index in [9.17, 15) is 19.7 Å². The molecule has 0 heterocycles. The third-order valence-electron chi connectivity index (χ3n) is 2.42. The van der Waals surface area contributed by atoms with Crippen molar-refractivity contribution in [1.82, 2.24) is 0 Å². The van der Waals surface area contributed by atoms with Crippen LogP contribution in [0.3, 0.4) is 0 Å². The molecule has 0 aliphatic rings. The van der Waals surface area contributed by atoms with Crippen LogP contribution >= 0.6 is 0 Å². The summed E-state index contributed by atoms with van der Waals surface area (Å²) in [4.78, 5) is 32.8. The van der Waals surface area contributed by atoms with Crippen LogP contribution in [0.25, 0.3) is 0 Å². The second-order valence-electron chi connectivity index (χ2n) is 3.86. The Bertz CT molecular complexity index is 566. The number of nitrogens with zero attached hydrogens (tertiary/aromatic N) is 1. The SMILES string of the molecule is C/C=C/C(=O)OCC(=O)Nc1cccc([N+](=O)[O-])c1C. The quantitative estimate of drug-likeness (QED) is 0.384. The predicted molar refractivity (Wildman–Crippen MR) is 72.2 cm³/mol. The summed E-state index contributed by atoms with van der Waals surface area (Å²) < 4.78 is 4.66. The van der Waals surface area contributed by atoms with Gasteiger partial charge in [-0.3, -0.25) is 14.9 Å². The van der Waals surface area contributed by atoms with Crippen molar-refractivity contribution in [2.75, 3.05) is 11.9 Å². The molecule has 0 fully saturated rings. The summed E-state index contributed by atoms with van der Waals surface area (Å²) in [7, 11) is 0. The molecule has 0 aliphatic carbocycles. The minimum Gasteiger partial charge on any atom is -0.452 e. The number of ether oxygens (including phenoxy) is 1. The first-order valence-electron chi connectivity index (χ1n) is 5.79. The zero-order valence-corrected chi connectivity index (χ0v) is 11.1. The molecule has 0 aromatic heterocycles. The molecule has 0 atom stereocenters. The normalized spacial score (nSPS) is 10.3. The number of benzene rings is 1. The minimum absolute atomic E-state index is 0.0892. The molecule has 7 nitrogen and oxygen atoms in total. The van der Waals surface area contributed by atoms with E-state index in [4.69, 9.17) is 0 Å². The standard InChI is InChI=1S/C13H14N2O5/c1-3-5-13(17)20-8-12(16)14-10-6-4-7-11(9(10)2)15(18)19/h3-7H,8H2,1-2H3,(H,14,16)/b5-3+. The van der Waals surface area contributed by atoms with Gasteiger partial charge in [-0.05, 0) is 19.9 Å². The summed E-state index contributed by atoms with van der Waals surface area (Å²) in [5.41, 5.74) is 0.561. The summed E-state index contributed by atoms with van der Waals surface area (Å²) in [5.74, 6) is -1.19. The summed E-state index contributed by atoms with van der Waals surface area (Å²) in [6.45, 7) is 2.72. The highest BCUT2D eigenvalue weighted by atomic mass is 16.6. The Morgan fingerprint density at radius 3 is 2.75 bits per heavy atom. The number of anilines is 1. The maximum atomic E-state index is 11.6. The molecule has 1 amide bonds. The van der Waals surface area contributed by atoms with Crippen LogP contribution in [-0.2, 0) is 14.3 Å². The lowest BCUT2D eigenvalue weighted by Gasteiger charge is -2.08. The van der Waals surface area contributed by atoms with Gasteiger partial charge >= 0.3 is 5.97 Å². The molecule has 0 bridgehead atoms. The molecular formula is C13H14N2O5. The molecule has 0 saturated carbocycles. The van der Waals surface area contributed by atoms with E-state index in [-0.39, 0.29) is 5.69 Å². The number of rotatable bonds is 5. The molecule has 0 spiro atoms. The first-order chi connectivity index (χ1) is 9.45. The van der Waals surface area contributed by atoms with Gasteiger partial charge in [-0.25, -0.2) is 4.79 Å². The van der Waals surface area contributed by atoms with E-state index in [0.717, 1.165) is 0 Å². The van der Waals surface area contributed by atoms with Crippen LogP contribution in [0.4, 0.5) is 11.4 Å². The van der Waals surface area contributed by atoms with Crippen molar-refractivity contribution >= 4 is 23.3 Å². The molecule has 0 aliphatic heterocycles. The molecule has 0 unspecified atom stereocenters. The van der Waals surface area contributed by atoms with Gasteiger partial charge in [0, 0.05) is 12.1 Å². The Morgan fingerprint density at radius 1 is 1.45 bits per heavy atom. The van der Waals surface area contributed by atoms with E-state index >= 15 is 0 Å². The number of hydrogen-bond donors (Lipinski definition) is 1. The lowest BCUT2D eigenvalue weighted by molar-refractivity contribution is -0.385. The van der Waals surface area contributed by atoms with Gasteiger partial charge in [0.2, 0.25) is 0 Å². The summed E-state index contributed by atoms with van der Waals surface area (Å²) in [6.07, 6.45) is 2.68. The van der Waals surface area contributed by atoms with Crippen LogP contribution in [0.1, 0.15) is 12.5 Å². The van der Waals surface area contributed by atoms with Crippen molar-refractivity contribution < 1.29 is 19.2 Å². The van der Waals surface area contributed by atoms with Crippen LogP contribution in [0.5, 0.6) is 0 Å². The van der Waals surface area contributed by atoms with Gasteiger partial charge in [0.15, 0.2) is 6.61 Å². The highest BCUT2D eigenvalue weighted by molar-refractivity contribution is 5.94. The van der Waals surface area contributed by atoms with Gasteiger partial charge in [0.25, 0.3) is 11.6 Å². The van der Waals surface area contributed by atoms with Crippen molar-refractivity contribution in [1.29, 1.82) is 0 Å². The smallest absolute Gasteiger partial charge is 0.330 e. The van der Waals surface area contributed by atoms with Gasteiger partial charge in [0.1, 0.15) is 0 Å². The summed E-state index contributed by atoms with van der Waals surface area (Å²) in [6, 6.07) is 4.34. The van der Waals surface area contributed by atoms with Gasteiger partial charge in [-0.2, -0.15) is 0 Å². The van der Waals surface area contributed by atoms with E-state index in [0.29, 0.717) is 11.3 Å². The Hall–Kier alpha value is -2.70. The summed E-state index contributed by atoms with van der Waals surface area (Å²) >= 11 is 0. The van der Waals surface area contributed by atoms with Gasteiger partial charge in [0.05, 0.1) is 16.2 Å². The molecule has 1 rings (SSSR count). The maximum absolute atomic E-state index is 11.6. The van der Waals surface area contributed by atoms with Crippen LogP contribution in [-0.4, -0.2) is 23.4 Å². The molecule has 1 aromatic rings. The Balaban J connectivity index is 2.69. The number of nitro benzene ring substituents is 1.